The maximum absolute atomic E-state index is 14.4. The van der Waals surface area contributed by atoms with Gasteiger partial charge in [-0.1, -0.05) is 48.5 Å². The molecule has 2 N–H and O–H groups in total. The molecule has 0 radical (unpaired) electrons. The van der Waals surface area contributed by atoms with E-state index >= 15 is 0 Å². The van der Waals surface area contributed by atoms with Crippen LogP contribution in [0.3, 0.4) is 0 Å². The molecule has 0 saturated carbocycles. The number of fused-ring (bicyclic) bond motifs is 1. The van der Waals surface area contributed by atoms with Crippen LogP contribution in [0.2, 0.25) is 0 Å². The zero-order valence-electron chi connectivity index (χ0n) is 21.3. The average molecular weight is 512 g/mol. The quantitative estimate of drug-likeness (QED) is 0.596. The highest BCUT2D eigenvalue weighted by atomic mass is 19.1. The number of carbonyl (C=O) groups excluding carboxylic acids is 1. The van der Waals surface area contributed by atoms with Gasteiger partial charge in [0.25, 0.3) is 0 Å². The molecule has 3 heterocycles. The lowest BCUT2D eigenvalue weighted by Crippen LogP contribution is -2.55. The van der Waals surface area contributed by atoms with Crippen LogP contribution in [0.4, 0.5) is 4.39 Å². The molecular weight excluding hydrogens is 473 g/mol. The van der Waals surface area contributed by atoms with Crippen LogP contribution in [-0.2, 0) is 27.4 Å². The molecule has 0 spiro atoms. The van der Waals surface area contributed by atoms with E-state index in [0.29, 0.717) is 31.7 Å². The molecule has 0 bridgehead atoms. The van der Waals surface area contributed by atoms with Gasteiger partial charge in [0.05, 0.1) is 37.9 Å². The number of ether oxygens (including phenoxy) is 2. The molecule has 3 aliphatic rings. The molecule has 0 unspecified atom stereocenters. The number of aliphatic hydroxyl groups excluding tert-OH is 1. The molecular formula is C29H38FN3O4. The van der Waals surface area contributed by atoms with Crippen molar-refractivity contribution >= 4 is 5.91 Å². The van der Waals surface area contributed by atoms with Crippen molar-refractivity contribution in [1.82, 2.24) is 15.1 Å². The minimum Gasteiger partial charge on any atom is -0.389 e. The molecule has 3 aliphatic heterocycles. The highest BCUT2D eigenvalue weighted by Gasteiger charge is 2.38. The van der Waals surface area contributed by atoms with Gasteiger partial charge in [-0.25, -0.2) is 4.39 Å². The molecule has 7 nitrogen and oxygen atoms in total. The first-order valence-electron chi connectivity index (χ1n) is 13.5. The lowest BCUT2D eigenvalue weighted by molar-refractivity contribution is -0.158. The van der Waals surface area contributed by atoms with Gasteiger partial charge in [-0.15, -0.1) is 0 Å². The Morgan fingerprint density at radius 2 is 1.81 bits per heavy atom. The Labute approximate surface area is 218 Å². The molecule has 2 aromatic carbocycles. The SMILES string of the molecule is O=C(C[C@@H]1CC[C@H]2[C@@H](COC[C@H](O)CN2Cc2ccccc2F)O1)N[C@H]1CCN(Cc2ccccc2)C1. The first-order chi connectivity index (χ1) is 18.0. The predicted molar refractivity (Wildman–Crippen MR) is 138 cm³/mol. The second-order valence-electron chi connectivity index (χ2n) is 10.6. The highest BCUT2D eigenvalue weighted by molar-refractivity contribution is 5.76. The summed E-state index contributed by atoms with van der Waals surface area (Å²) < 4.78 is 26.5. The lowest BCUT2D eigenvalue weighted by atomic mass is 9.94. The van der Waals surface area contributed by atoms with Gasteiger partial charge in [-0.3, -0.25) is 14.6 Å². The zero-order valence-corrected chi connectivity index (χ0v) is 21.3. The third-order valence-corrected chi connectivity index (χ3v) is 7.72. The summed E-state index contributed by atoms with van der Waals surface area (Å²) in [4.78, 5) is 17.4. The minimum absolute atomic E-state index is 0.00440. The summed E-state index contributed by atoms with van der Waals surface area (Å²) in [5.41, 5.74) is 1.90. The smallest absolute Gasteiger partial charge is 0.222 e. The molecule has 0 aliphatic carbocycles. The van der Waals surface area contributed by atoms with Crippen LogP contribution >= 0.6 is 0 Å². The predicted octanol–water partition coefficient (Wildman–Crippen LogP) is 2.72. The summed E-state index contributed by atoms with van der Waals surface area (Å²) >= 11 is 0. The van der Waals surface area contributed by atoms with E-state index in [1.54, 1.807) is 12.1 Å². The van der Waals surface area contributed by atoms with Gasteiger partial charge in [-0.2, -0.15) is 0 Å². The Morgan fingerprint density at radius 3 is 2.65 bits per heavy atom. The van der Waals surface area contributed by atoms with E-state index in [2.05, 4.69) is 39.4 Å². The monoisotopic (exact) mass is 511 g/mol. The van der Waals surface area contributed by atoms with E-state index < -0.39 is 6.10 Å². The van der Waals surface area contributed by atoms with Gasteiger partial charge in [0, 0.05) is 50.4 Å². The molecule has 3 fully saturated rings. The fourth-order valence-corrected chi connectivity index (χ4v) is 5.90. The van der Waals surface area contributed by atoms with Gasteiger partial charge in [0.15, 0.2) is 0 Å². The third kappa shape index (κ3) is 7.15. The second-order valence-corrected chi connectivity index (χ2v) is 10.6. The van der Waals surface area contributed by atoms with Crippen LogP contribution in [0, 0.1) is 5.82 Å². The zero-order chi connectivity index (χ0) is 25.6. The van der Waals surface area contributed by atoms with E-state index in [4.69, 9.17) is 9.47 Å². The summed E-state index contributed by atoms with van der Waals surface area (Å²) in [6.45, 7) is 4.10. The van der Waals surface area contributed by atoms with Crippen molar-refractivity contribution in [2.45, 2.75) is 69.2 Å². The molecule has 1 amide bonds. The standard InChI is InChI=1S/C29H38FN3O4/c30-26-9-5-4-8-22(26)16-33-18-24(34)19-36-20-28-27(33)11-10-25(37-28)14-29(35)31-23-12-13-32(17-23)15-21-6-2-1-3-7-21/h1-9,23-25,27-28,34H,10-20H2,(H,31,35)/t23-,24+,25-,27-,28+/m0/s1. The highest BCUT2D eigenvalue weighted by Crippen LogP contribution is 2.29. The second kappa shape index (κ2) is 12.5. The van der Waals surface area contributed by atoms with Crippen molar-refractivity contribution in [3.8, 4) is 0 Å². The number of halogens is 1. The molecule has 37 heavy (non-hydrogen) atoms. The summed E-state index contributed by atoms with van der Waals surface area (Å²) in [5.74, 6) is -0.215. The topological polar surface area (TPSA) is 74.3 Å². The molecule has 8 heteroatoms. The minimum atomic E-state index is -0.635. The van der Waals surface area contributed by atoms with Crippen molar-refractivity contribution in [2.75, 3.05) is 32.8 Å². The summed E-state index contributed by atoms with van der Waals surface area (Å²) in [7, 11) is 0. The number of nitrogens with one attached hydrogen (secondary N) is 1. The average Bonchev–Trinajstić information content (AvgIpc) is 3.31. The van der Waals surface area contributed by atoms with E-state index in [-0.39, 0.29) is 42.6 Å². The Balaban J connectivity index is 1.13. The van der Waals surface area contributed by atoms with Crippen molar-refractivity contribution in [1.29, 1.82) is 0 Å². The van der Waals surface area contributed by atoms with Crippen molar-refractivity contribution in [2.24, 2.45) is 0 Å². The number of β-amino-alcohol motifs (C(OH)–C–C–N with tert-alkyl or cyclic N) is 1. The first kappa shape index (κ1) is 26.3. The van der Waals surface area contributed by atoms with Crippen molar-refractivity contribution in [3.05, 3.63) is 71.5 Å². The van der Waals surface area contributed by atoms with Gasteiger partial charge in [-0.05, 0) is 30.9 Å². The maximum atomic E-state index is 14.4. The molecule has 3 saturated heterocycles. The molecule has 200 valence electrons. The van der Waals surface area contributed by atoms with Gasteiger partial charge < -0.3 is 19.9 Å². The molecule has 5 rings (SSSR count). The number of amides is 1. The van der Waals surface area contributed by atoms with Crippen LogP contribution in [0.15, 0.2) is 54.6 Å². The van der Waals surface area contributed by atoms with Gasteiger partial charge in [0.2, 0.25) is 5.91 Å². The van der Waals surface area contributed by atoms with Gasteiger partial charge in [0.1, 0.15) is 5.82 Å². The largest absolute Gasteiger partial charge is 0.389 e. The number of hydrogen-bond donors (Lipinski definition) is 2. The third-order valence-electron chi connectivity index (χ3n) is 7.72. The van der Waals surface area contributed by atoms with Crippen molar-refractivity contribution in [3.63, 3.8) is 0 Å². The fraction of sp³-hybridized carbons (Fsp3) is 0.552. The summed E-state index contributed by atoms with van der Waals surface area (Å²) in [6, 6.07) is 17.3. The molecule has 2 aromatic rings. The number of carbonyl (C=O) groups is 1. The van der Waals surface area contributed by atoms with Crippen molar-refractivity contribution < 1.29 is 23.8 Å². The normalized spacial score (nSPS) is 29.3. The number of aliphatic hydroxyl groups is 1. The number of nitrogens with zero attached hydrogens (tertiary/aromatic N) is 2. The van der Waals surface area contributed by atoms with Gasteiger partial charge >= 0.3 is 0 Å². The Bertz CT molecular complexity index is 1030. The summed E-state index contributed by atoms with van der Waals surface area (Å²) in [6.07, 6.45) is 1.80. The lowest BCUT2D eigenvalue weighted by Gasteiger charge is -2.44. The number of rotatable bonds is 7. The Kier molecular flexibility index (Phi) is 8.84. The molecule has 5 atom stereocenters. The summed E-state index contributed by atoms with van der Waals surface area (Å²) in [5, 5.41) is 13.6. The number of hydrogen-bond acceptors (Lipinski definition) is 6. The van der Waals surface area contributed by atoms with Crippen LogP contribution in [0.25, 0.3) is 0 Å². The van der Waals surface area contributed by atoms with Crippen LogP contribution in [0.5, 0.6) is 0 Å². The Morgan fingerprint density at radius 1 is 1.00 bits per heavy atom. The van der Waals surface area contributed by atoms with Crippen LogP contribution in [0.1, 0.15) is 36.8 Å². The number of benzene rings is 2. The fourth-order valence-electron chi connectivity index (χ4n) is 5.90. The van der Waals surface area contributed by atoms with E-state index in [9.17, 15) is 14.3 Å². The maximum Gasteiger partial charge on any atom is 0.222 e. The van der Waals surface area contributed by atoms with Crippen LogP contribution < -0.4 is 5.32 Å². The van der Waals surface area contributed by atoms with E-state index in [0.717, 1.165) is 38.9 Å². The van der Waals surface area contributed by atoms with E-state index in [1.165, 1.54) is 11.6 Å². The first-order valence-corrected chi connectivity index (χ1v) is 13.5. The molecule has 0 aromatic heterocycles. The Hall–Kier alpha value is -2.36. The number of likely N-dealkylation sites (tertiary alicyclic amines) is 1. The van der Waals surface area contributed by atoms with E-state index in [1.807, 2.05) is 12.1 Å². The van der Waals surface area contributed by atoms with Crippen LogP contribution in [-0.4, -0.2) is 84.1 Å².